The van der Waals surface area contributed by atoms with Gasteiger partial charge in [-0.2, -0.15) is 5.26 Å². The van der Waals surface area contributed by atoms with Crippen LogP contribution in [0.3, 0.4) is 0 Å². The van der Waals surface area contributed by atoms with Crippen molar-refractivity contribution >= 4 is 43.3 Å². The van der Waals surface area contributed by atoms with Crippen molar-refractivity contribution in [2.24, 2.45) is 5.92 Å². The van der Waals surface area contributed by atoms with Gasteiger partial charge in [-0.3, -0.25) is 0 Å². The number of nitrogens with zero attached hydrogens (tertiary/aromatic N) is 4. The van der Waals surface area contributed by atoms with E-state index < -0.39 is 11.6 Å². The van der Waals surface area contributed by atoms with Gasteiger partial charge >= 0.3 is 0 Å². The van der Waals surface area contributed by atoms with E-state index in [2.05, 4.69) is 23.0 Å². The number of anilines is 2. The van der Waals surface area contributed by atoms with E-state index in [-0.39, 0.29) is 40.4 Å². The first-order chi connectivity index (χ1) is 16.0. The Morgan fingerprint density at radius 1 is 1.24 bits per heavy atom. The third-order valence-electron chi connectivity index (χ3n) is 6.59. The molecule has 0 saturated carbocycles. The topological polar surface area (TPSA) is 88.1 Å². The summed E-state index contributed by atoms with van der Waals surface area (Å²) in [5.74, 6) is -0.276. The molecule has 0 radical (unpaired) electrons. The molecule has 0 bridgehead atoms. The lowest BCUT2D eigenvalue weighted by molar-refractivity contribution is 0.135. The average molecular weight is 464 g/mol. The van der Waals surface area contributed by atoms with Crippen molar-refractivity contribution in [2.75, 3.05) is 23.7 Å². The normalized spacial score (nSPS) is 17.8. The standard InChI is InChI=1S/C24H19F2N5OS/c1-11-4-5-31(8-11)24-29-7-13-14-9-32-10-15(14)19(21(26)22(13)30-24)20-16(25)2-3-17-18(20)12(6-27)23(28)33-17/h2-3,7,11H,4-5,8-10,28H2,1H3. The van der Waals surface area contributed by atoms with E-state index in [1.807, 2.05) is 4.90 Å². The summed E-state index contributed by atoms with van der Waals surface area (Å²) in [5.41, 5.74) is 7.76. The van der Waals surface area contributed by atoms with Crippen molar-refractivity contribution < 1.29 is 13.5 Å². The average Bonchev–Trinajstić information content (AvgIpc) is 3.53. The summed E-state index contributed by atoms with van der Waals surface area (Å²) in [6.07, 6.45) is 2.66. The monoisotopic (exact) mass is 463 g/mol. The lowest BCUT2D eigenvalue weighted by Gasteiger charge is -2.18. The van der Waals surface area contributed by atoms with Gasteiger partial charge in [0.15, 0.2) is 5.82 Å². The maximum absolute atomic E-state index is 16.3. The number of aromatic nitrogens is 2. The van der Waals surface area contributed by atoms with Crippen molar-refractivity contribution in [3.05, 3.63) is 46.7 Å². The number of fused-ring (bicyclic) bond motifs is 4. The molecule has 2 N–H and O–H groups in total. The van der Waals surface area contributed by atoms with Crippen LogP contribution < -0.4 is 10.6 Å². The minimum absolute atomic E-state index is 0.0353. The third kappa shape index (κ3) is 2.91. The Balaban J connectivity index is 1.69. The van der Waals surface area contributed by atoms with Crippen molar-refractivity contribution in [2.45, 2.75) is 26.6 Å². The zero-order chi connectivity index (χ0) is 22.9. The Hall–Kier alpha value is -3.35. The summed E-state index contributed by atoms with van der Waals surface area (Å²) in [5, 5.41) is 10.9. The lowest BCUT2D eigenvalue weighted by atomic mass is 9.90. The van der Waals surface area contributed by atoms with Crippen LogP contribution in [0.2, 0.25) is 0 Å². The predicted molar refractivity (Wildman–Crippen MR) is 124 cm³/mol. The highest BCUT2D eigenvalue weighted by Crippen LogP contribution is 2.46. The van der Waals surface area contributed by atoms with Crippen LogP contribution in [0.5, 0.6) is 0 Å². The molecular formula is C24H19F2N5OS. The minimum atomic E-state index is -0.634. The van der Waals surface area contributed by atoms with Gasteiger partial charge in [0.2, 0.25) is 5.95 Å². The molecule has 6 rings (SSSR count). The predicted octanol–water partition coefficient (Wildman–Crippen LogP) is 5.12. The second-order valence-electron chi connectivity index (χ2n) is 8.66. The fourth-order valence-electron chi connectivity index (χ4n) is 4.97. The van der Waals surface area contributed by atoms with Gasteiger partial charge in [0.05, 0.1) is 18.8 Å². The molecule has 166 valence electrons. The molecule has 0 spiro atoms. The molecule has 6 nitrogen and oxygen atoms in total. The van der Waals surface area contributed by atoms with E-state index in [1.165, 1.54) is 17.4 Å². The Morgan fingerprint density at radius 3 is 2.82 bits per heavy atom. The van der Waals surface area contributed by atoms with Gasteiger partial charge in [-0.1, -0.05) is 6.92 Å². The highest BCUT2D eigenvalue weighted by Gasteiger charge is 2.31. The van der Waals surface area contributed by atoms with Gasteiger partial charge in [-0.15, -0.1) is 11.3 Å². The molecule has 1 unspecified atom stereocenters. The zero-order valence-electron chi connectivity index (χ0n) is 17.8. The van der Waals surface area contributed by atoms with Crippen LogP contribution in [0, 0.1) is 28.9 Å². The first kappa shape index (κ1) is 20.3. The van der Waals surface area contributed by atoms with E-state index >= 15 is 8.78 Å². The van der Waals surface area contributed by atoms with E-state index in [0.717, 1.165) is 25.1 Å². The number of hydrogen-bond donors (Lipinski definition) is 1. The van der Waals surface area contributed by atoms with E-state index in [0.29, 0.717) is 32.9 Å². The Bertz CT molecular complexity index is 1510. The van der Waals surface area contributed by atoms with Crippen LogP contribution in [-0.2, 0) is 18.0 Å². The molecule has 1 atom stereocenters. The van der Waals surface area contributed by atoms with Crippen LogP contribution in [0.1, 0.15) is 30.0 Å². The van der Waals surface area contributed by atoms with Crippen LogP contribution in [-0.4, -0.2) is 23.1 Å². The second kappa shape index (κ2) is 7.33. The van der Waals surface area contributed by atoms with Gasteiger partial charge in [0, 0.05) is 45.9 Å². The van der Waals surface area contributed by atoms with Crippen LogP contribution in [0.25, 0.3) is 32.1 Å². The number of nitriles is 1. The number of ether oxygens (including phenoxy) is 1. The van der Waals surface area contributed by atoms with Gasteiger partial charge in [-0.05, 0) is 35.6 Å². The summed E-state index contributed by atoms with van der Waals surface area (Å²) in [6, 6.07) is 4.92. The van der Waals surface area contributed by atoms with Crippen LogP contribution in [0.15, 0.2) is 18.3 Å². The fourth-order valence-corrected chi connectivity index (χ4v) is 5.90. The summed E-state index contributed by atoms with van der Waals surface area (Å²) < 4.78 is 37.9. The van der Waals surface area contributed by atoms with Crippen LogP contribution >= 0.6 is 11.3 Å². The minimum Gasteiger partial charge on any atom is -0.389 e. The Labute approximate surface area is 192 Å². The largest absolute Gasteiger partial charge is 0.389 e. The smallest absolute Gasteiger partial charge is 0.225 e. The lowest BCUT2D eigenvalue weighted by Crippen LogP contribution is -2.21. The number of hydrogen-bond acceptors (Lipinski definition) is 7. The van der Waals surface area contributed by atoms with E-state index in [9.17, 15) is 5.26 Å². The van der Waals surface area contributed by atoms with Crippen molar-refractivity contribution in [1.82, 2.24) is 9.97 Å². The number of benzene rings is 2. The second-order valence-corrected chi connectivity index (χ2v) is 9.74. The molecule has 0 amide bonds. The van der Waals surface area contributed by atoms with Crippen molar-refractivity contribution in [1.29, 1.82) is 5.26 Å². The zero-order valence-corrected chi connectivity index (χ0v) is 18.6. The molecule has 9 heteroatoms. The van der Waals surface area contributed by atoms with Crippen LogP contribution in [0.4, 0.5) is 19.7 Å². The molecule has 33 heavy (non-hydrogen) atoms. The highest BCUT2D eigenvalue weighted by atomic mass is 32.1. The molecule has 4 heterocycles. The SMILES string of the molecule is CC1CCN(c2ncc3c4c(c(-c5c(F)ccc6sc(N)c(C#N)c56)c(F)c3n2)COC4)C1. The maximum Gasteiger partial charge on any atom is 0.225 e. The number of rotatable bonds is 2. The molecule has 1 saturated heterocycles. The van der Waals surface area contributed by atoms with E-state index in [1.54, 1.807) is 12.3 Å². The molecular weight excluding hydrogens is 444 g/mol. The molecule has 2 aliphatic rings. The van der Waals surface area contributed by atoms with Crippen molar-refractivity contribution in [3.63, 3.8) is 0 Å². The quantitative estimate of drug-likeness (QED) is 0.444. The summed E-state index contributed by atoms with van der Waals surface area (Å²) in [6.45, 7) is 4.18. The Morgan fingerprint density at radius 2 is 2.06 bits per heavy atom. The first-order valence-corrected chi connectivity index (χ1v) is 11.5. The molecule has 1 fully saturated rings. The molecule has 4 aromatic rings. The third-order valence-corrected chi connectivity index (χ3v) is 7.57. The number of halogens is 2. The summed E-state index contributed by atoms with van der Waals surface area (Å²) in [7, 11) is 0. The van der Waals surface area contributed by atoms with Gasteiger partial charge in [-0.25, -0.2) is 18.7 Å². The Kier molecular flexibility index (Phi) is 4.50. The molecule has 2 aromatic carbocycles. The van der Waals surface area contributed by atoms with E-state index in [4.69, 9.17) is 10.5 Å². The number of nitrogen functional groups attached to an aromatic ring is 1. The molecule has 0 aliphatic carbocycles. The summed E-state index contributed by atoms with van der Waals surface area (Å²) >= 11 is 1.19. The van der Waals surface area contributed by atoms with Gasteiger partial charge < -0.3 is 15.4 Å². The fraction of sp³-hybridized carbons (Fsp3) is 0.292. The van der Waals surface area contributed by atoms with Gasteiger partial charge in [0.1, 0.15) is 22.4 Å². The molecule has 2 aromatic heterocycles. The first-order valence-electron chi connectivity index (χ1n) is 10.7. The van der Waals surface area contributed by atoms with Crippen molar-refractivity contribution in [3.8, 4) is 17.2 Å². The highest BCUT2D eigenvalue weighted by molar-refractivity contribution is 7.23. The molecule has 2 aliphatic heterocycles. The maximum atomic E-state index is 16.3. The summed E-state index contributed by atoms with van der Waals surface area (Å²) in [4.78, 5) is 11.1. The number of nitrogens with two attached hydrogens (primary N) is 1. The van der Waals surface area contributed by atoms with Gasteiger partial charge in [0.25, 0.3) is 0 Å². The number of thiophene rings is 1.